The van der Waals surface area contributed by atoms with E-state index in [4.69, 9.17) is 18.9 Å². The summed E-state index contributed by atoms with van der Waals surface area (Å²) in [4.78, 5) is 30.8. The zero-order chi connectivity index (χ0) is 30.3. The zero-order valence-electron chi connectivity index (χ0n) is 24.8. The number of hydrogen-bond donors (Lipinski definition) is 1. The number of rotatable bonds is 11. The van der Waals surface area contributed by atoms with Crippen LogP contribution in [-0.2, 0) is 20.9 Å². The van der Waals surface area contributed by atoms with Gasteiger partial charge in [-0.05, 0) is 61.4 Å². The third kappa shape index (κ3) is 7.01. The molecule has 226 valence electrons. The van der Waals surface area contributed by atoms with Crippen LogP contribution in [0.2, 0.25) is 0 Å². The third-order valence-electron chi connectivity index (χ3n) is 7.54. The zero-order valence-corrected chi connectivity index (χ0v) is 24.8. The fraction of sp³-hybridized carbons (Fsp3) is 0.353. The van der Waals surface area contributed by atoms with E-state index in [0.717, 1.165) is 18.7 Å². The maximum Gasteiger partial charge on any atom is 0.295 e. The minimum atomic E-state index is -0.815. The maximum atomic E-state index is 13.5. The third-order valence-corrected chi connectivity index (χ3v) is 7.54. The standard InChI is InChI=1S/C34H38N2O7/c1-23(2)43-27-12-9-25(10-13-27)32(37)30-31(36(34(39)33(30)38)16-15-35-17-19-41-20-18-35)26-11-14-28(29(21-26)40-3)42-22-24-7-5-4-6-8-24/h4-14,21,23,31,37H,15-20,22H2,1-3H3/b32-30+. The first-order valence-electron chi connectivity index (χ1n) is 14.6. The molecule has 1 amide bonds. The Morgan fingerprint density at radius 1 is 0.953 bits per heavy atom. The van der Waals surface area contributed by atoms with Gasteiger partial charge < -0.3 is 29.0 Å². The number of aliphatic hydroxyl groups excluding tert-OH is 1. The van der Waals surface area contributed by atoms with Crippen LogP contribution in [-0.4, -0.2) is 79.2 Å². The minimum Gasteiger partial charge on any atom is -0.507 e. The van der Waals surface area contributed by atoms with Crippen LogP contribution in [0, 0.1) is 0 Å². The van der Waals surface area contributed by atoms with E-state index in [1.807, 2.05) is 50.2 Å². The predicted octanol–water partition coefficient (Wildman–Crippen LogP) is 4.82. The van der Waals surface area contributed by atoms with Gasteiger partial charge in [-0.3, -0.25) is 14.5 Å². The lowest BCUT2D eigenvalue weighted by molar-refractivity contribution is -0.140. The number of aliphatic hydroxyl groups is 1. The van der Waals surface area contributed by atoms with Gasteiger partial charge in [0.2, 0.25) is 0 Å². The van der Waals surface area contributed by atoms with Crippen LogP contribution in [0.25, 0.3) is 5.76 Å². The molecule has 0 spiro atoms. The van der Waals surface area contributed by atoms with Crippen LogP contribution in [0.5, 0.6) is 17.2 Å². The molecule has 1 atom stereocenters. The lowest BCUT2D eigenvalue weighted by Gasteiger charge is -2.31. The molecule has 0 aliphatic carbocycles. The van der Waals surface area contributed by atoms with Crippen molar-refractivity contribution in [3.05, 3.63) is 95.1 Å². The van der Waals surface area contributed by atoms with Gasteiger partial charge in [0.15, 0.2) is 11.5 Å². The van der Waals surface area contributed by atoms with Gasteiger partial charge in [-0.1, -0.05) is 36.4 Å². The van der Waals surface area contributed by atoms with Crippen LogP contribution >= 0.6 is 0 Å². The van der Waals surface area contributed by atoms with Crippen LogP contribution in [0.15, 0.2) is 78.4 Å². The monoisotopic (exact) mass is 586 g/mol. The molecule has 2 aliphatic heterocycles. The molecule has 2 heterocycles. The second-order valence-electron chi connectivity index (χ2n) is 10.8. The SMILES string of the molecule is COc1cc(C2/C(=C(\O)c3ccc(OC(C)C)cc3)C(=O)C(=O)N2CCN2CCOCC2)ccc1OCc1ccccc1. The molecule has 1 unspecified atom stereocenters. The van der Waals surface area contributed by atoms with Crippen LogP contribution in [0.1, 0.15) is 36.6 Å². The van der Waals surface area contributed by atoms with Crippen molar-refractivity contribution in [2.24, 2.45) is 0 Å². The van der Waals surface area contributed by atoms with E-state index in [-0.39, 0.29) is 17.4 Å². The Morgan fingerprint density at radius 2 is 1.67 bits per heavy atom. The number of Topliss-reactive ketones (excluding diaryl/α,β-unsaturated/α-hetero) is 1. The molecule has 0 saturated carbocycles. The lowest BCUT2D eigenvalue weighted by atomic mass is 9.95. The molecule has 2 saturated heterocycles. The maximum absolute atomic E-state index is 13.5. The van der Waals surface area contributed by atoms with Crippen LogP contribution in [0.3, 0.4) is 0 Å². The van der Waals surface area contributed by atoms with E-state index < -0.39 is 17.7 Å². The molecule has 0 radical (unpaired) electrons. The molecular weight excluding hydrogens is 548 g/mol. The Balaban J connectivity index is 1.50. The first kappa shape index (κ1) is 30.1. The molecule has 2 aliphatic rings. The molecule has 0 bridgehead atoms. The molecular formula is C34H38N2O7. The van der Waals surface area contributed by atoms with Gasteiger partial charge in [-0.15, -0.1) is 0 Å². The summed E-state index contributed by atoms with van der Waals surface area (Å²) in [6.45, 7) is 7.84. The van der Waals surface area contributed by atoms with Gasteiger partial charge in [0.1, 0.15) is 18.1 Å². The highest BCUT2D eigenvalue weighted by Crippen LogP contribution is 2.42. The van der Waals surface area contributed by atoms with E-state index in [1.165, 1.54) is 0 Å². The fourth-order valence-electron chi connectivity index (χ4n) is 5.36. The van der Waals surface area contributed by atoms with Gasteiger partial charge in [-0.2, -0.15) is 0 Å². The highest BCUT2D eigenvalue weighted by Gasteiger charge is 2.46. The Morgan fingerprint density at radius 3 is 2.35 bits per heavy atom. The smallest absolute Gasteiger partial charge is 0.295 e. The summed E-state index contributed by atoms with van der Waals surface area (Å²) in [7, 11) is 1.55. The summed E-state index contributed by atoms with van der Waals surface area (Å²) in [6.07, 6.45) is -0.00846. The summed E-state index contributed by atoms with van der Waals surface area (Å²) in [5, 5.41) is 11.5. The van der Waals surface area contributed by atoms with Gasteiger partial charge in [0.05, 0.1) is 38.0 Å². The quantitative estimate of drug-likeness (QED) is 0.194. The second-order valence-corrected chi connectivity index (χ2v) is 10.8. The Labute approximate surface area is 252 Å². The van der Waals surface area contributed by atoms with Gasteiger partial charge >= 0.3 is 0 Å². The molecule has 43 heavy (non-hydrogen) atoms. The molecule has 3 aromatic carbocycles. The summed E-state index contributed by atoms with van der Waals surface area (Å²) in [5.74, 6) is 0.0170. The van der Waals surface area contributed by atoms with E-state index >= 15 is 0 Å². The number of carbonyl (C=O) groups excluding carboxylic acids is 2. The average molecular weight is 587 g/mol. The number of ether oxygens (including phenoxy) is 4. The number of nitrogens with zero attached hydrogens (tertiary/aromatic N) is 2. The molecule has 2 fully saturated rings. The van der Waals surface area contributed by atoms with Crippen molar-refractivity contribution in [3.63, 3.8) is 0 Å². The van der Waals surface area contributed by atoms with E-state index in [9.17, 15) is 14.7 Å². The van der Waals surface area contributed by atoms with Crippen molar-refractivity contribution in [1.29, 1.82) is 0 Å². The van der Waals surface area contributed by atoms with E-state index in [1.54, 1.807) is 48.4 Å². The van der Waals surface area contributed by atoms with Crippen molar-refractivity contribution in [2.75, 3.05) is 46.5 Å². The summed E-state index contributed by atoms with van der Waals surface area (Å²) in [5.41, 5.74) is 2.09. The molecule has 3 aromatic rings. The number of methoxy groups -OCH3 is 1. The Hall–Kier alpha value is -4.34. The second kappa shape index (κ2) is 13.8. The van der Waals surface area contributed by atoms with Crippen molar-refractivity contribution >= 4 is 17.4 Å². The molecule has 0 aromatic heterocycles. The van der Waals surface area contributed by atoms with Crippen molar-refractivity contribution < 1.29 is 33.6 Å². The fourth-order valence-corrected chi connectivity index (χ4v) is 5.36. The first-order chi connectivity index (χ1) is 20.9. The van der Waals surface area contributed by atoms with E-state index in [2.05, 4.69) is 4.90 Å². The Kier molecular flexibility index (Phi) is 9.64. The largest absolute Gasteiger partial charge is 0.507 e. The van der Waals surface area contributed by atoms with Crippen LogP contribution < -0.4 is 14.2 Å². The number of benzene rings is 3. The summed E-state index contributed by atoms with van der Waals surface area (Å²) >= 11 is 0. The van der Waals surface area contributed by atoms with Crippen molar-refractivity contribution in [3.8, 4) is 17.2 Å². The topological polar surface area (TPSA) is 97.8 Å². The molecule has 9 nitrogen and oxygen atoms in total. The summed E-state index contributed by atoms with van der Waals surface area (Å²) < 4.78 is 22.9. The minimum absolute atomic E-state index is 0.00846. The number of amides is 1. The lowest BCUT2D eigenvalue weighted by Crippen LogP contribution is -2.42. The average Bonchev–Trinajstić information content (AvgIpc) is 3.28. The Bertz CT molecular complexity index is 1450. The molecule has 5 rings (SSSR count). The number of ketones is 1. The van der Waals surface area contributed by atoms with Gasteiger partial charge in [-0.25, -0.2) is 0 Å². The van der Waals surface area contributed by atoms with Gasteiger partial charge in [0, 0.05) is 31.7 Å². The summed E-state index contributed by atoms with van der Waals surface area (Å²) in [6, 6.07) is 21.2. The normalized spacial score (nSPS) is 18.7. The van der Waals surface area contributed by atoms with Crippen molar-refractivity contribution in [2.45, 2.75) is 32.6 Å². The molecule has 1 N–H and O–H groups in total. The van der Waals surface area contributed by atoms with Crippen LogP contribution in [0.4, 0.5) is 0 Å². The molecule has 9 heteroatoms. The number of morpholine rings is 1. The van der Waals surface area contributed by atoms with Crippen molar-refractivity contribution in [1.82, 2.24) is 9.80 Å². The number of hydrogen-bond acceptors (Lipinski definition) is 8. The van der Waals surface area contributed by atoms with Gasteiger partial charge in [0.25, 0.3) is 11.7 Å². The highest BCUT2D eigenvalue weighted by atomic mass is 16.5. The number of carbonyl (C=O) groups is 2. The predicted molar refractivity (Wildman–Crippen MR) is 162 cm³/mol. The first-order valence-corrected chi connectivity index (χ1v) is 14.6. The highest BCUT2D eigenvalue weighted by molar-refractivity contribution is 6.46. The number of likely N-dealkylation sites (tertiary alicyclic amines) is 1. The van der Waals surface area contributed by atoms with E-state index in [0.29, 0.717) is 61.3 Å².